The summed E-state index contributed by atoms with van der Waals surface area (Å²) in [7, 11) is 0. The lowest BCUT2D eigenvalue weighted by Crippen LogP contribution is -2.05. The second-order valence-corrected chi connectivity index (χ2v) is 3.34. The van der Waals surface area contributed by atoms with Crippen LogP contribution in [0.2, 0.25) is 0 Å². The van der Waals surface area contributed by atoms with E-state index in [-0.39, 0.29) is 5.82 Å². The molecule has 0 aliphatic heterocycles. The fourth-order valence-electron chi connectivity index (χ4n) is 0.963. The minimum Gasteiger partial charge on any atom is -0.358 e. The quantitative estimate of drug-likeness (QED) is 0.365. The molecule has 0 saturated heterocycles. The van der Waals surface area contributed by atoms with Gasteiger partial charge in [-0.15, -0.1) is 0 Å². The zero-order valence-corrected chi connectivity index (χ0v) is 8.69. The fraction of sp³-hybridized carbons (Fsp3) is 0.500. The molecule has 0 amide bonds. The van der Waals surface area contributed by atoms with Crippen LogP contribution in [0.1, 0.15) is 5.82 Å². The molecular formula is C6H8IN3O2. The molecule has 1 heterocycles. The second kappa shape index (κ2) is 3.83. The number of imidazole rings is 1. The van der Waals surface area contributed by atoms with Gasteiger partial charge in [0.25, 0.3) is 0 Å². The highest BCUT2D eigenvalue weighted by atomic mass is 127. The molecule has 0 N–H and O–H groups in total. The van der Waals surface area contributed by atoms with Gasteiger partial charge in [-0.1, -0.05) is 22.6 Å². The molecule has 1 rings (SSSR count). The predicted molar refractivity (Wildman–Crippen MR) is 52.5 cm³/mol. The lowest BCUT2D eigenvalue weighted by Gasteiger charge is -1.98. The zero-order chi connectivity index (χ0) is 9.14. The van der Waals surface area contributed by atoms with Gasteiger partial charge in [0, 0.05) is 11.4 Å². The van der Waals surface area contributed by atoms with Crippen molar-refractivity contribution in [2.45, 2.75) is 13.5 Å². The second-order valence-electron chi connectivity index (χ2n) is 2.26. The average Bonchev–Trinajstić information content (AvgIpc) is 2.34. The molecule has 0 saturated carbocycles. The fourth-order valence-corrected chi connectivity index (χ4v) is 1.45. The summed E-state index contributed by atoms with van der Waals surface area (Å²) < 4.78 is 2.45. The topological polar surface area (TPSA) is 61.0 Å². The Bertz CT molecular complexity index is 297. The molecule has 0 spiro atoms. The molecule has 0 bridgehead atoms. The maximum Gasteiger partial charge on any atom is 0.342 e. The van der Waals surface area contributed by atoms with Crippen molar-refractivity contribution in [3.05, 3.63) is 22.1 Å². The van der Waals surface area contributed by atoms with Crippen LogP contribution in [0.5, 0.6) is 0 Å². The smallest absolute Gasteiger partial charge is 0.342 e. The van der Waals surface area contributed by atoms with Gasteiger partial charge in [0.05, 0.1) is 0 Å². The van der Waals surface area contributed by atoms with Crippen LogP contribution in [0, 0.1) is 17.0 Å². The van der Waals surface area contributed by atoms with Crippen molar-refractivity contribution in [3.63, 3.8) is 0 Å². The summed E-state index contributed by atoms with van der Waals surface area (Å²) in [5.74, 6) is 0.766. The maximum absolute atomic E-state index is 10.5. The number of hydrogen-bond acceptors (Lipinski definition) is 3. The number of nitro groups is 1. The maximum atomic E-state index is 10.5. The number of aryl methyl sites for hydroxylation is 1. The van der Waals surface area contributed by atoms with E-state index < -0.39 is 4.92 Å². The molecule has 0 aromatic carbocycles. The Morgan fingerprint density at radius 3 is 3.00 bits per heavy atom. The van der Waals surface area contributed by atoms with Crippen LogP contribution in [0.15, 0.2) is 6.20 Å². The van der Waals surface area contributed by atoms with Crippen LogP contribution in [0.25, 0.3) is 0 Å². The Labute approximate surface area is 83.1 Å². The van der Waals surface area contributed by atoms with Crippen LogP contribution < -0.4 is 0 Å². The molecule has 6 heteroatoms. The number of aromatic nitrogens is 2. The highest BCUT2D eigenvalue weighted by Crippen LogP contribution is 2.13. The molecule has 0 radical (unpaired) electrons. The number of halogens is 1. The van der Waals surface area contributed by atoms with E-state index in [4.69, 9.17) is 0 Å². The van der Waals surface area contributed by atoms with Crippen molar-refractivity contribution in [1.29, 1.82) is 0 Å². The molecule has 12 heavy (non-hydrogen) atoms. The van der Waals surface area contributed by atoms with E-state index in [1.165, 1.54) is 6.20 Å². The Morgan fingerprint density at radius 1 is 1.83 bits per heavy atom. The van der Waals surface area contributed by atoms with Crippen LogP contribution in [-0.2, 0) is 6.54 Å². The van der Waals surface area contributed by atoms with E-state index in [1.54, 1.807) is 11.5 Å². The van der Waals surface area contributed by atoms with Crippen molar-refractivity contribution in [2.24, 2.45) is 0 Å². The molecule has 5 nitrogen and oxygen atoms in total. The van der Waals surface area contributed by atoms with Gasteiger partial charge in [-0.3, -0.25) is 0 Å². The third-order valence-corrected chi connectivity index (χ3v) is 2.01. The highest BCUT2D eigenvalue weighted by Gasteiger charge is 2.15. The van der Waals surface area contributed by atoms with E-state index in [0.717, 1.165) is 4.43 Å². The van der Waals surface area contributed by atoms with Gasteiger partial charge >= 0.3 is 5.82 Å². The summed E-state index contributed by atoms with van der Waals surface area (Å²) in [6, 6.07) is 0. The molecule has 0 unspecified atom stereocenters. The van der Waals surface area contributed by atoms with E-state index in [9.17, 15) is 10.1 Å². The van der Waals surface area contributed by atoms with Crippen molar-refractivity contribution in [1.82, 2.24) is 9.55 Å². The van der Waals surface area contributed by atoms with E-state index >= 15 is 0 Å². The first kappa shape index (κ1) is 9.43. The summed E-state index contributed by atoms with van der Waals surface area (Å²) in [5, 5.41) is 10.5. The van der Waals surface area contributed by atoms with Gasteiger partial charge in [-0.2, -0.15) is 0 Å². The largest absolute Gasteiger partial charge is 0.358 e. The molecule has 0 aliphatic rings. The van der Waals surface area contributed by atoms with E-state index in [1.807, 2.05) is 0 Å². The minimum absolute atomic E-state index is 0.0733. The summed E-state index contributed by atoms with van der Waals surface area (Å²) in [4.78, 5) is 13.9. The first-order chi connectivity index (χ1) is 5.66. The Morgan fingerprint density at radius 2 is 2.50 bits per heavy atom. The van der Waals surface area contributed by atoms with Gasteiger partial charge in [0.15, 0.2) is 5.82 Å². The SMILES string of the molecule is Cc1ncc([N+](=O)[O-])n1CCI. The summed E-state index contributed by atoms with van der Waals surface area (Å²) >= 11 is 2.17. The van der Waals surface area contributed by atoms with Gasteiger partial charge in [0.1, 0.15) is 12.7 Å². The summed E-state index contributed by atoms with van der Waals surface area (Å²) in [5.41, 5.74) is 0. The number of alkyl halides is 1. The molecule has 1 aromatic rings. The van der Waals surface area contributed by atoms with Gasteiger partial charge in [0.2, 0.25) is 0 Å². The molecule has 0 aliphatic carbocycles. The minimum atomic E-state index is -0.410. The van der Waals surface area contributed by atoms with E-state index in [0.29, 0.717) is 12.4 Å². The summed E-state index contributed by atoms with van der Waals surface area (Å²) in [6.45, 7) is 2.40. The van der Waals surface area contributed by atoms with Gasteiger partial charge in [-0.25, -0.2) is 9.55 Å². The zero-order valence-electron chi connectivity index (χ0n) is 6.53. The van der Waals surface area contributed by atoms with Gasteiger partial charge in [-0.05, 0) is 4.92 Å². The standard InChI is InChI=1S/C6H8IN3O2/c1-5-8-4-6(10(11)12)9(5)3-2-7/h4H,2-3H2,1H3. The van der Waals surface area contributed by atoms with Crippen molar-refractivity contribution >= 4 is 28.4 Å². The lowest BCUT2D eigenvalue weighted by molar-refractivity contribution is -0.392. The first-order valence-electron chi connectivity index (χ1n) is 3.39. The number of rotatable bonds is 3. The third-order valence-electron chi connectivity index (χ3n) is 1.53. The Balaban J connectivity index is 3.03. The number of nitrogens with zero attached hydrogens (tertiary/aromatic N) is 3. The molecule has 66 valence electrons. The van der Waals surface area contributed by atoms with Crippen molar-refractivity contribution in [3.8, 4) is 0 Å². The lowest BCUT2D eigenvalue weighted by atomic mass is 10.6. The van der Waals surface area contributed by atoms with Crippen molar-refractivity contribution < 1.29 is 4.92 Å². The normalized spacial score (nSPS) is 10.2. The van der Waals surface area contributed by atoms with Crippen LogP contribution in [0.3, 0.4) is 0 Å². The van der Waals surface area contributed by atoms with Crippen LogP contribution in [0.4, 0.5) is 5.82 Å². The Hall–Kier alpha value is -0.660. The highest BCUT2D eigenvalue weighted by molar-refractivity contribution is 14.1. The van der Waals surface area contributed by atoms with Gasteiger partial charge < -0.3 is 10.1 Å². The molecular weight excluding hydrogens is 273 g/mol. The molecule has 1 aromatic heterocycles. The molecule has 0 fully saturated rings. The molecule has 0 atom stereocenters. The van der Waals surface area contributed by atoms with Crippen molar-refractivity contribution in [2.75, 3.05) is 4.43 Å². The predicted octanol–water partition coefficient (Wildman–Crippen LogP) is 1.53. The average molecular weight is 281 g/mol. The third kappa shape index (κ3) is 1.74. The summed E-state index contributed by atoms with van der Waals surface area (Å²) in [6.07, 6.45) is 1.29. The van der Waals surface area contributed by atoms with E-state index in [2.05, 4.69) is 27.6 Å². The number of hydrogen-bond donors (Lipinski definition) is 0. The van der Waals surface area contributed by atoms with Crippen LogP contribution in [-0.4, -0.2) is 18.9 Å². The first-order valence-corrected chi connectivity index (χ1v) is 4.92. The Kier molecular flexibility index (Phi) is 3.01. The van der Waals surface area contributed by atoms with Crippen LogP contribution >= 0.6 is 22.6 Å². The monoisotopic (exact) mass is 281 g/mol.